The number of β-amino-alcohol motifs (C(OH)–C–C–N with tert-alkyl or cyclic N) is 1. The molecule has 2 rings (SSSR count). The third kappa shape index (κ3) is 2.24. The summed E-state index contributed by atoms with van der Waals surface area (Å²) in [6, 6.07) is 5.76. The van der Waals surface area contributed by atoms with E-state index in [4.69, 9.17) is 4.84 Å². The molecule has 0 bridgehead atoms. The summed E-state index contributed by atoms with van der Waals surface area (Å²) in [6.45, 7) is 1.60. The van der Waals surface area contributed by atoms with Crippen LogP contribution in [0.25, 0.3) is 0 Å². The van der Waals surface area contributed by atoms with Gasteiger partial charge in [0.05, 0.1) is 31.5 Å². The summed E-state index contributed by atoms with van der Waals surface area (Å²) >= 11 is 0. The van der Waals surface area contributed by atoms with Crippen molar-refractivity contribution >= 4 is 0 Å². The zero-order valence-electron chi connectivity index (χ0n) is 7.26. The van der Waals surface area contributed by atoms with Crippen molar-refractivity contribution in [3.63, 3.8) is 0 Å². The molecule has 1 aromatic rings. The number of aromatic nitrogens is 1. The zero-order chi connectivity index (χ0) is 9.10. The second-order valence-electron chi connectivity index (χ2n) is 3.09. The van der Waals surface area contributed by atoms with E-state index in [0.29, 0.717) is 19.7 Å². The minimum atomic E-state index is -0.358. The Balaban J connectivity index is 1.92. The lowest BCUT2D eigenvalue weighted by atomic mass is 10.3. The summed E-state index contributed by atoms with van der Waals surface area (Å²) in [5.41, 5.74) is 0.955. The highest BCUT2D eigenvalue weighted by atomic mass is 16.7. The van der Waals surface area contributed by atoms with Gasteiger partial charge in [0.2, 0.25) is 0 Å². The van der Waals surface area contributed by atoms with Crippen molar-refractivity contribution in [1.82, 2.24) is 10.0 Å². The fourth-order valence-corrected chi connectivity index (χ4v) is 1.31. The number of aliphatic hydroxyl groups excluding tert-OH is 1. The molecular weight excluding hydrogens is 168 g/mol. The highest BCUT2D eigenvalue weighted by molar-refractivity contribution is 5.02. The standard InChI is InChI=1S/C9H12N2O2/c12-9-6-11(13-7-9)5-8-3-1-2-4-10-8/h1-4,9,12H,5-7H2. The normalized spacial score (nSPS) is 23.6. The van der Waals surface area contributed by atoms with Gasteiger partial charge in [-0.05, 0) is 12.1 Å². The van der Waals surface area contributed by atoms with E-state index in [9.17, 15) is 5.11 Å². The summed E-state index contributed by atoms with van der Waals surface area (Å²) in [4.78, 5) is 9.38. The minimum absolute atomic E-state index is 0.358. The molecular formula is C9H12N2O2. The molecule has 70 valence electrons. The fourth-order valence-electron chi connectivity index (χ4n) is 1.31. The third-order valence-electron chi connectivity index (χ3n) is 1.93. The lowest BCUT2D eigenvalue weighted by Crippen LogP contribution is -2.20. The first-order chi connectivity index (χ1) is 6.34. The van der Waals surface area contributed by atoms with E-state index in [1.165, 1.54) is 0 Å². The van der Waals surface area contributed by atoms with E-state index >= 15 is 0 Å². The Morgan fingerprint density at radius 1 is 1.62 bits per heavy atom. The van der Waals surface area contributed by atoms with Gasteiger partial charge in [-0.1, -0.05) is 6.07 Å². The average Bonchev–Trinajstić information content (AvgIpc) is 2.53. The van der Waals surface area contributed by atoms with E-state index < -0.39 is 0 Å². The number of rotatable bonds is 2. The summed E-state index contributed by atoms with van der Waals surface area (Å²) in [6.07, 6.45) is 1.39. The van der Waals surface area contributed by atoms with Gasteiger partial charge in [-0.25, -0.2) is 0 Å². The lowest BCUT2D eigenvalue weighted by Gasteiger charge is -2.11. The van der Waals surface area contributed by atoms with E-state index in [0.717, 1.165) is 5.69 Å². The van der Waals surface area contributed by atoms with Crippen LogP contribution in [-0.2, 0) is 11.4 Å². The monoisotopic (exact) mass is 180 g/mol. The molecule has 2 heterocycles. The minimum Gasteiger partial charge on any atom is -0.389 e. The molecule has 1 aliphatic heterocycles. The Morgan fingerprint density at radius 3 is 3.15 bits per heavy atom. The number of hydrogen-bond acceptors (Lipinski definition) is 4. The van der Waals surface area contributed by atoms with Crippen LogP contribution in [0.5, 0.6) is 0 Å². The number of pyridine rings is 1. The van der Waals surface area contributed by atoms with Crippen LogP contribution in [0.15, 0.2) is 24.4 Å². The Morgan fingerprint density at radius 2 is 2.54 bits per heavy atom. The van der Waals surface area contributed by atoms with Crippen LogP contribution >= 0.6 is 0 Å². The SMILES string of the molecule is OC1CON(Cc2ccccn2)C1. The third-order valence-corrected chi connectivity index (χ3v) is 1.93. The molecule has 0 radical (unpaired) electrons. The van der Waals surface area contributed by atoms with E-state index in [1.54, 1.807) is 11.3 Å². The molecule has 4 heteroatoms. The van der Waals surface area contributed by atoms with Gasteiger partial charge >= 0.3 is 0 Å². The molecule has 4 nitrogen and oxygen atoms in total. The molecule has 1 unspecified atom stereocenters. The van der Waals surface area contributed by atoms with Gasteiger partial charge in [-0.15, -0.1) is 0 Å². The van der Waals surface area contributed by atoms with Gasteiger partial charge in [0.15, 0.2) is 0 Å². The highest BCUT2D eigenvalue weighted by Crippen LogP contribution is 2.09. The van der Waals surface area contributed by atoms with Gasteiger partial charge < -0.3 is 5.11 Å². The molecule has 0 saturated carbocycles. The Kier molecular flexibility index (Phi) is 2.54. The number of hydroxylamine groups is 2. The Hall–Kier alpha value is -0.970. The maximum absolute atomic E-state index is 9.19. The van der Waals surface area contributed by atoms with Crippen LogP contribution in [0.1, 0.15) is 5.69 Å². The molecule has 0 spiro atoms. The molecule has 1 saturated heterocycles. The molecule has 0 amide bonds. The van der Waals surface area contributed by atoms with Crippen LogP contribution in [0.4, 0.5) is 0 Å². The lowest BCUT2D eigenvalue weighted by molar-refractivity contribution is -0.118. The first-order valence-corrected chi connectivity index (χ1v) is 4.30. The summed E-state index contributed by atoms with van der Waals surface area (Å²) in [5, 5.41) is 10.9. The second-order valence-corrected chi connectivity index (χ2v) is 3.09. The predicted molar refractivity (Wildman–Crippen MR) is 46.6 cm³/mol. The first-order valence-electron chi connectivity index (χ1n) is 4.30. The Labute approximate surface area is 76.7 Å². The quantitative estimate of drug-likeness (QED) is 0.705. The Bertz CT molecular complexity index is 266. The van der Waals surface area contributed by atoms with Crippen molar-refractivity contribution in [2.45, 2.75) is 12.6 Å². The van der Waals surface area contributed by atoms with Crippen LogP contribution in [0.3, 0.4) is 0 Å². The van der Waals surface area contributed by atoms with Crippen molar-refractivity contribution in [3.05, 3.63) is 30.1 Å². The summed E-state index contributed by atoms with van der Waals surface area (Å²) in [7, 11) is 0. The highest BCUT2D eigenvalue weighted by Gasteiger charge is 2.21. The second kappa shape index (κ2) is 3.83. The van der Waals surface area contributed by atoms with Crippen molar-refractivity contribution in [1.29, 1.82) is 0 Å². The van der Waals surface area contributed by atoms with Gasteiger partial charge in [0.1, 0.15) is 0 Å². The van der Waals surface area contributed by atoms with Gasteiger partial charge in [0.25, 0.3) is 0 Å². The molecule has 13 heavy (non-hydrogen) atoms. The molecule has 0 aliphatic carbocycles. The maximum atomic E-state index is 9.19. The smallest absolute Gasteiger partial charge is 0.0958 e. The molecule has 1 aromatic heterocycles. The van der Waals surface area contributed by atoms with Crippen LogP contribution < -0.4 is 0 Å². The summed E-state index contributed by atoms with van der Waals surface area (Å²) in [5.74, 6) is 0. The predicted octanol–water partition coefficient (Wildman–Crippen LogP) is 0.190. The van der Waals surface area contributed by atoms with Gasteiger partial charge in [-0.2, -0.15) is 5.06 Å². The van der Waals surface area contributed by atoms with Crippen LogP contribution in [0, 0.1) is 0 Å². The molecule has 1 fully saturated rings. The molecule has 1 aliphatic rings. The number of hydrogen-bond donors (Lipinski definition) is 1. The van der Waals surface area contributed by atoms with Crippen molar-refractivity contribution < 1.29 is 9.94 Å². The summed E-state index contributed by atoms with van der Waals surface area (Å²) < 4.78 is 0. The molecule has 0 aromatic carbocycles. The number of nitrogens with zero attached hydrogens (tertiary/aromatic N) is 2. The van der Waals surface area contributed by atoms with Gasteiger partial charge in [0, 0.05) is 6.20 Å². The van der Waals surface area contributed by atoms with Crippen LogP contribution in [-0.4, -0.2) is 34.4 Å². The number of aliphatic hydroxyl groups is 1. The fraction of sp³-hybridized carbons (Fsp3) is 0.444. The van der Waals surface area contributed by atoms with E-state index in [2.05, 4.69) is 4.98 Å². The largest absolute Gasteiger partial charge is 0.389 e. The van der Waals surface area contributed by atoms with Crippen molar-refractivity contribution in [2.75, 3.05) is 13.2 Å². The zero-order valence-corrected chi connectivity index (χ0v) is 7.26. The average molecular weight is 180 g/mol. The maximum Gasteiger partial charge on any atom is 0.0958 e. The van der Waals surface area contributed by atoms with Crippen LogP contribution in [0.2, 0.25) is 0 Å². The van der Waals surface area contributed by atoms with E-state index in [-0.39, 0.29) is 6.10 Å². The molecule has 1 N–H and O–H groups in total. The van der Waals surface area contributed by atoms with Crippen molar-refractivity contribution in [3.8, 4) is 0 Å². The molecule has 1 atom stereocenters. The first kappa shape index (κ1) is 8.62. The van der Waals surface area contributed by atoms with E-state index in [1.807, 2.05) is 18.2 Å². The van der Waals surface area contributed by atoms with Gasteiger partial charge in [-0.3, -0.25) is 9.82 Å². The van der Waals surface area contributed by atoms with Crippen molar-refractivity contribution in [2.24, 2.45) is 0 Å². The topological polar surface area (TPSA) is 45.6 Å².